The van der Waals surface area contributed by atoms with Gasteiger partial charge < -0.3 is 19.5 Å². The highest BCUT2D eigenvalue weighted by Crippen LogP contribution is 2.30. The van der Waals surface area contributed by atoms with Crippen molar-refractivity contribution in [3.8, 4) is 0 Å². The van der Waals surface area contributed by atoms with Crippen molar-refractivity contribution in [1.82, 2.24) is 19.8 Å². The van der Waals surface area contributed by atoms with Crippen LogP contribution < -0.4 is 5.32 Å². The molecule has 2 fully saturated rings. The Morgan fingerprint density at radius 1 is 1.26 bits per heavy atom. The molecule has 0 spiro atoms. The van der Waals surface area contributed by atoms with Gasteiger partial charge in [-0.3, -0.25) is 14.4 Å². The lowest BCUT2D eigenvalue weighted by Gasteiger charge is -2.28. The van der Waals surface area contributed by atoms with E-state index in [9.17, 15) is 18.8 Å². The zero-order valence-corrected chi connectivity index (χ0v) is 19.5. The van der Waals surface area contributed by atoms with E-state index in [1.807, 2.05) is 49.7 Å². The van der Waals surface area contributed by atoms with E-state index in [1.165, 1.54) is 4.90 Å². The molecule has 1 aromatic carbocycles. The van der Waals surface area contributed by atoms with E-state index in [0.29, 0.717) is 12.0 Å². The molecule has 2 amide bonds. The van der Waals surface area contributed by atoms with Crippen LogP contribution in [0.5, 0.6) is 0 Å². The molecule has 9 heteroatoms. The SMILES string of the molecule is CC(C)C[C@H](NC(=O)c1ccc(C=Cc2cncn2C)cc1)C(=O)N1CC(F)[C@H]2OCC(=O)[C@H]21. The van der Waals surface area contributed by atoms with Gasteiger partial charge in [0.25, 0.3) is 5.91 Å². The van der Waals surface area contributed by atoms with E-state index in [4.69, 9.17) is 4.74 Å². The Morgan fingerprint density at radius 3 is 2.65 bits per heavy atom. The van der Waals surface area contributed by atoms with Crippen LogP contribution in [-0.2, 0) is 21.4 Å². The molecule has 2 aromatic rings. The van der Waals surface area contributed by atoms with Crippen LogP contribution in [0.15, 0.2) is 36.8 Å². The zero-order valence-electron chi connectivity index (χ0n) is 19.5. The Balaban J connectivity index is 1.45. The molecule has 0 bridgehead atoms. The quantitative estimate of drug-likeness (QED) is 0.673. The van der Waals surface area contributed by atoms with Gasteiger partial charge >= 0.3 is 0 Å². The number of amides is 2. The number of benzene rings is 1. The summed E-state index contributed by atoms with van der Waals surface area (Å²) in [5.41, 5.74) is 2.26. The van der Waals surface area contributed by atoms with Crippen LogP contribution in [0.3, 0.4) is 0 Å². The van der Waals surface area contributed by atoms with Gasteiger partial charge in [-0.2, -0.15) is 0 Å². The van der Waals surface area contributed by atoms with Gasteiger partial charge in [0.05, 0.1) is 24.8 Å². The van der Waals surface area contributed by atoms with Crippen molar-refractivity contribution in [2.75, 3.05) is 13.2 Å². The Labute approximate surface area is 197 Å². The lowest BCUT2D eigenvalue weighted by molar-refractivity contribution is -0.138. The molecule has 0 saturated carbocycles. The summed E-state index contributed by atoms with van der Waals surface area (Å²) in [6.45, 7) is 3.47. The summed E-state index contributed by atoms with van der Waals surface area (Å²) in [6, 6.07) is 5.22. The molecule has 4 rings (SSSR count). The number of nitrogens with one attached hydrogen (secondary N) is 1. The average Bonchev–Trinajstić information content (AvgIpc) is 3.49. The smallest absolute Gasteiger partial charge is 0.251 e. The number of imidazole rings is 1. The van der Waals surface area contributed by atoms with Gasteiger partial charge in [0.15, 0.2) is 5.78 Å². The van der Waals surface area contributed by atoms with Gasteiger partial charge in [-0.05, 0) is 36.1 Å². The van der Waals surface area contributed by atoms with Gasteiger partial charge in [0.2, 0.25) is 5.91 Å². The fourth-order valence-corrected chi connectivity index (χ4v) is 4.41. The number of carbonyl (C=O) groups is 3. The fraction of sp³-hybridized carbons (Fsp3) is 0.440. The minimum atomic E-state index is -1.41. The van der Waals surface area contributed by atoms with Crippen molar-refractivity contribution < 1.29 is 23.5 Å². The molecule has 0 aliphatic carbocycles. The third-order valence-electron chi connectivity index (χ3n) is 6.19. The van der Waals surface area contributed by atoms with Crippen LogP contribution in [0.25, 0.3) is 12.2 Å². The standard InChI is InChI=1S/C25H29FN4O4/c1-15(2)10-20(25(33)30-12-19(26)23-22(30)21(31)13-34-23)28-24(32)17-7-4-16(5-8-17)6-9-18-11-27-14-29(18)3/h4-9,11,14-15,19-20,22-23H,10,12-13H2,1-3H3,(H,28,32)/t19?,20-,22+,23+/m0/s1. The maximum atomic E-state index is 14.4. The molecule has 2 aliphatic heterocycles. The average molecular weight is 469 g/mol. The second kappa shape index (κ2) is 9.89. The Morgan fingerprint density at radius 2 is 2.00 bits per heavy atom. The number of hydrogen-bond donors (Lipinski definition) is 1. The lowest BCUT2D eigenvalue weighted by atomic mass is 10.0. The molecule has 34 heavy (non-hydrogen) atoms. The lowest BCUT2D eigenvalue weighted by Crippen LogP contribution is -2.52. The minimum absolute atomic E-state index is 0.101. The number of hydrogen-bond acceptors (Lipinski definition) is 5. The monoisotopic (exact) mass is 468 g/mol. The summed E-state index contributed by atoms with van der Waals surface area (Å²) >= 11 is 0. The number of aromatic nitrogens is 2. The maximum Gasteiger partial charge on any atom is 0.251 e. The third-order valence-corrected chi connectivity index (χ3v) is 6.19. The molecule has 180 valence electrons. The second-order valence-corrected chi connectivity index (χ2v) is 9.23. The molecule has 1 unspecified atom stereocenters. The maximum absolute atomic E-state index is 14.4. The third kappa shape index (κ3) is 4.94. The summed E-state index contributed by atoms with van der Waals surface area (Å²) in [7, 11) is 1.90. The number of ether oxygens (including phenoxy) is 1. The summed E-state index contributed by atoms with van der Waals surface area (Å²) < 4.78 is 21.5. The van der Waals surface area contributed by atoms with Gasteiger partial charge in [0.1, 0.15) is 31.0 Å². The van der Waals surface area contributed by atoms with Crippen molar-refractivity contribution in [3.63, 3.8) is 0 Å². The highest BCUT2D eigenvalue weighted by molar-refractivity contribution is 5.99. The van der Waals surface area contributed by atoms with Crippen molar-refractivity contribution in [3.05, 3.63) is 53.6 Å². The van der Waals surface area contributed by atoms with Crippen molar-refractivity contribution in [1.29, 1.82) is 0 Å². The molecule has 1 aromatic heterocycles. The number of rotatable bonds is 7. The van der Waals surface area contributed by atoms with Crippen LogP contribution in [-0.4, -0.2) is 69.6 Å². The largest absolute Gasteiger partial charge is 0.365 e. The Kier molecular flexibility index (Phi) is 6.92. The molecular formula is C25H29FN4O4. The number of fused-ring (bicyclic) bond motifs is 1. The summed E-state index contributed by atoms with van der Waals surface area (Å²) in [5.74, 6) is -1.05. The number of nitrogens with zero attached hydrogens (tertiary/aromatic N) is 3. The second-order valence-electron chi connectivity index (χ2n) is 9.23. The van der Waals surface area contributed by atoms with Gasteiger partial charge in [0, 0.05) is 12.6 Å². The zero-order chi connectivity index (χ0) is 24.4. The number of ketones is 1. The summed E-state index contributed by atoms with van der Waals surface area (Å²) in [6.07, 6.45) is 5.35. The van der Waals surface area contributed by atoms with Gasteiger partial charge in [-0.1, -0.05) is 32.1 Å². The summed E-state index contributed by atoms with van der Waals surface area (Å²) in [4.78, 5) is 43.7. The van der Waals surface area contributed by atoms with Crippen LogP contribution in [0.4, 0.5) is 4.39 Å². The van der Waals surface area contributed by atoms with E-state index in [0.717, 1.165) is 11.3 Å². The first kappa shape index (κ1) is 23.8. The first-order valence-electron chi connectivity index (χ1n) is 11.4. The molecule has 2 saturated heterocycles. The Hall–Kier alpha value is -3.33. The van der Waals surface area contributed by atoms with Crippen LogP contribution in [0.1, 0.15) is 41.9 Å². The molecule has 0 radical (unpaired) electrons. The van der Waals surface area contributed by atoms with Crippen molar-refractivity contribution in [2.45, 2.75) is 44.6 Å². The molecular weight excluding hydrogens is 439 g/mol. The molecule has 3 heterocycles. The number of halogens is 1. The highest BCUT2D eigenvalue weighted by atomic mass is 19.1. The van der Waals surface area contributed by atoms with E-state index in [-0.39, 0.29) is 24.9 Å². The Bertz CT molecular complexity index is 1090. The van der Waals surface area contributed by atoms with Crippen LogP contribution in [0.2, 0.25) is 0 Å². The van der Waals surface area contributed by atoms with Crippen molar-refractivity contribution >= 4 is 29.7 Å². The summed E-state index contributed by atoms with van der Waals surface area (Å²) in [5, 5.41) is 2.80. The van der Waals surface area contributed by atoms with Gasteiger partial charge in [-0.25, -0.2) is 9.37 Å². The number of aryl methyl sites for hydroxylation is 1. The van der Waals surface area contributed by atoms with E-state index in [2.05, 4.69) is 10.3 Å². The first-order valence-corrected chi connectivity index (χ1v) is 11.4. The molecule has 4 atom stereocenters. The minimum Gasteiger partial charge on any atom is -0.365 e. The molecule has 8 nitrogen and oxygen atoms in total. The van der Waals surface area contributed by atoms with E-state index < -0.39 is 36.2 Å². The van der Waals surface area contributed by atoms with E-state index in [1.54, 1.807) is 24.7 Å². The van der Waals surface area contributed by atoms with Crippen molar-refractivity contribution in [2.24, 2.45) is 13.0 Å². The molecule has 2 aliphatic rings. The normalized spacial score (nSPS) is 23.0. The van der Waals surface area contributed by atoms with Crippen LogP contribution >= 0.6 is 0 Å². The van der Waals surface area contributed by atoms with E-state index >= 15 is 0 Å². The van der Waals surface area contributed by atoms with Crippen LogP contribution in [0, 0.1) is 5.92 Å². The fourth-order valence-electron chi connectivity index (χ4n) is 4.41. The number of carbonyl (C=O) groups excluding carboxylic acids is 3. The number of Topliss-reactive ketones (excluding diaryl/α,β-unsaturated/α-hetero) is 1. The topological polar surface area (TPSA) is 93.5 Å². The highest BCUT2D eigenvalue weighted by Gasteiger charge is 2.53. The number of likely N-dealkylation sites (tertiary alicyclic amines) is 1. The number of alkyl halides is 1. The first-order chi connectivity index (χ1) is 16.2. The van der Waals surface area contributed by atoms with Gasteiger partial charge in [-0.15, -0.1) is 0 Å². The predicted octanol–water partition coefficient (Wildman–Crippen LogP) is 2.25. The molecule has 1 N–H and O–H groups in total. The predicted molar refractivity (Wildman–Crippen MR) is 124 cm³/mol.